The summed E-state index contributed by atoms with van der Waals surface area (Å²) in [6.45, 7) is 0.505. The van der Waals surface area contributed by atoms with Crippen LogP contribution >= 0.6 is 0 Å². The lowest BCUT2D eigenvalue weighted by Crippen LogP contribution is -2.19. The van der Waals surface area contributed by atoms with Gasteiger partial charge in [0.25, 0.3) is 0 Å². The van der Waals surface area contributed by atoms with Crippen molar-refractivity contribution in [3.05, 3.63) is 65.7 Å². The zero-order chi connectivity index (χ0) is 15.4. The molecule has 0 saturated heterocycles. The minimum absolute atomic E-state index is 0.277. The Morgan fingerprint density at radius 2 is 1.91 bits per heavy atom. The van der Waals surface area contributed by atoms with Gasteiger partial charge in [-0.15, -0.1) is 0 Å². The van der Waals surface area contributed by atoms with Crippen LogP contribution in [0.1, 0.15) is 17.5 Å². The van der Waals surface area contributed by atoms with Gasteiger partial charge in [-0.2, -0.15) is 0 Å². The van der Waals surface area contributed by atoms with E-state index in [2.05, 4.69) is 5.16 Å². The van der Waals surface area contributed by atoms with Crippen LogP contribution in [0, 0.1) is 0 Å². The highest BCUT2D eigenvalue weighted by atomic mass is 16.7. The Labute approximate surface area is 127 Å². The summed E-state index contributed by atoms with van der Waals surface area (Å²) >= 11 is 0. The molecule has 0 saturated carbocycles. The largest absolute Gasteiger partial charge is 0.489 e. The molecule has 5 nitrogen and oxygen atoms in total. The Kier molecular flexibility index (Phi) is 4.05. The van der Waals surface area contributed by atoms with E-state index in [1.807, 2.05) is 54.6 Å². The van der Waals surface area contributed by atoms with Crippen LogP contribution in [-0.4, -0.2) is 22.9 Å². The fourth-order valence-electron chi connectivity index (χ4n) is 2.16. The van der Waals surface area contributed by atoms with Crippen molar-refractivity contribution in [3.8, 4) is 5.75 Å². The molecule has 0 spiro atoms. The second-order valence-corrected chi connectivity index (χ2v) is 4.97. The van der Waals surface area contributed by atoms with Gasteiger partial charge in [0.15, 0.2) is 0 Å². The molecule has 1 N–H and O–H groups in total. The molecule has 1 atom stereocenters. The topological polar surface area (TPSA) is 68.1 Å². The third-order valence-corrected chi connectivity index (χ3v) is 3.38. The van der Waals surface area contributed by atoms with E-state index in [1.165, 1.54) is 0 Å². The minimum atomic E-state index is -0.999. The number of carboxylic acid groups (broad SMARTS) is 1. The molecule has 1 heterocycles. The number of ether oxygens (including phenoxy) is 1. The van der Waals surface area contributed by atoms with E-state index in [0.29, 0.717) is 12.3 Å². The average Bonchev–Trinajstić information content (AvgIpc) is 3.05. The number of hydrogen-bond acceptors (Lipinski definition) is 4. The summed E-state index contributed by atoms with van der Waals surface area (Å²) in [4.78, 5) is 15.7. The fraction of sp³-hybridized carbons (Fsp3) is 0.176. The van der Waals surface area contributed by atoms with E-state index >= 15 is 0 Å². The quantitative estimate of drug-likeness (QED) is 0.921. The van der Waals surface area contributed by atoms with E-state index in [4.69, 9.17) is 14.7 Å². The van der Waals surface area contributed by atoms with Crippen molar-refractivity contribution in [1.29, 1.82) is 0 Å². The number of hydrogen-bond donors (Lipinski definition) is 1. The Bertz CT molecular complexity index is 680. The van der Waals surface area contributed by atoms with Crippen LogP contribution in [0.25, 0.3) is 0 Å². The SMILES string of the molecule is O=C(O)C1CC(c2ccc(OCc3ccccc3)cc2)=NO1. The number of nitrogens with zero attached hydrogens (tertiary/aromatic N) is 1. The number of carboxylic acids is 1. The Morgan fingerprint density at radius 3 is 2.55 bits per heavy atom. The molecule has 0 aliphatic carbocycles. The Balaban J connectivity index is 1.60. The first-order valence-electron chi connectivity index (χ1n) is 6.95. The number of rotatable bonds is 5. The molecule has 5 heteroatoms. The van der Waals surface area contributed by atoms with Crippen LogP contribution in [0.4, 0.5) is 0 Å². The molecular weight excluding hydrogens is 282 g/mol. The third-order valence-electron chi connectivity index (χ3n) is 3.38. The van der Waals surface area contributed by atoms with Gasteiger partial charge in [0.1, 0.15) is 12.4 Å². The normalized spacial score (nSPS) is 16.7. The highest BCUT2D eigenvalue weighted by Crippen LogP contribution is 2.20. The first-order valence-corrected chi connectivity index (χ1v) is 6.95. The van der Waals surface area contributed by atoms with Gasteiger partial charge >= 0.3 is 5.97 Å². The first kappa shape index (κ1) is 14.1. The van der Waals surface area contributed by atoms with E-state index in [-0.39, 0.29) is 6.42 Å². The Morgan fingerprint density at radius 1 is 1.18 bits per heavy atom. The summed E-state index contributed by atoms with van der Waals surface area (Å²) < 4.78 is 5.70. The predicted molar refractivity (Wildman–Crippen MR) is 80.9 cm³/mol. The van der Waals surface area contributed by atoms with Gasteiger partial charge < -0.3 is 14.7 Å². The predicted octanol–water partition coefficient (Wildman–Crippen LogP) is 2.84. The average molecular weight is 297 g/mol. The van der Waals surface area contributed by atoms with Gasteiger partial charge in [0.05, 0.1) is 5.71 Å². The third kappa shape index (κ3) is 3.25. The maximum Gasteiger partial charge on any atom is 0.348 e. The molecule has 2 aromatic carbocycles. The van der Waals surface area contributed by atoms with Crippen LogP contribution in [0.2, 0.25) is 0 Å². The molecule has 1 aliphatic heterocycles. The van der Waals surface area contributed by atoms with Gasteiger partial charge in [-0.1, -0.05) is 35.5 Å². The second kappa shape index (κ2) is 6.30. The van der Waals surface area contributed by atoms with Crippen LogP contribution in [0.15, 0.2) is 59.8 Å². The van der Waals surface area contributed by atoms with E-state index < -0.39 is 12.1 Å². The molecule has 22 heavy (non-hydrogen) atoms. The molecule has 2 aromatic rings. The van der Waals surface area contributed by atoms with Crippen molar-refractivity contribution < 1.29 is 19.5 Å². The summed E-state index contributed by atoms with van der Waals surface area (Å²) in [5.41, 5.74) is 2.59. The van der Waals surface area contributed by atoms with Crippen molar-refractivity contribution >= 4 is 11.7 Å². The lowest BCUT2D eigenvalue weighted by molar-refractivity contribution is -0.148. The van der Waals surface area contributed by atoms with Gasteiger partial charge in [-0.3, -0.25) is 0 Å². The van der Waals surface area contributed by atoms with E-state index in [1.54, 1.807) is 0 Å². The fourth-order valence-corrected chi connectivity index (χ4v) is 2.16. The van der Waals surface area contributed by atoms with Crippen molar-refractivity contribution in [2.75, 3.05) is 0 Å². The van der Waals surface area contributed by atoms with E-state index in [0.717, 1.165) is 16.9 Å². The number of benzene rings is 2. The lowest BCUT2D eigenvalue weighted by Gasteiger charge is -2.07. The zero-order valence-electron chi connectivity index (χ0n) is 11.8. The molecule has 0 fully saturated rings. The lowest BCUT2D eigenvalue weighted by atomic mass is 10.1. The maximum absolute atomic E-state index is 10.8. The molecular formula is C17H15NO4. The molecule has 0 amide bonds. The molecule has 1 aliphatic rings. The number of oxime groups is 1. The van der Waals surface area contributed by atoms with Crippen molar-refractivity contribution in [3.63, 3.8) is 0 Å². The molecule has 3 rings (SSSR count). The minimum Gasteiger partial charge on any atom is -0.489 e. The van der Waals surface area contributed by atoms with Crippen molar-refractivity contribution in [2.45, 2.75) is 19.1 Å². The monoisotopic (exact) mass is 297 g/mol. The Hall–Kier alpha value is -2.82. The van der Waals surface area contributed by atoms with Crippen molar-refractivity contribution in [2.24, 2.45) is 5.16 Å². The molecule has 1 unspecified atom stereocenters. The smallest absolute Gasteiger partial charge is 0.348 e. The summed E-state index contributed by atoms with van der Waals surface area (Å²) in [6, 6.07) is 17.3. The van der Waals surface area contributed by atoms with Crippen LogP contribution in [0.3, 0.4) is 0 Å². The van der Waals surface area contributed by atoms with Gasteiger partial charge in [-0.25, -0.2) is 4.79 Å². The molecule has 0 bridgehead atoms. The number of carbonyl (C=O) groups is 1. The second-order valence-electron chi connectivity index (χ2n) is 4.97. The van der Waals surface area contributed by atoms with Crippen LogP contribution in [0.5, 0.6) is 5.75 Å². The van der Waals surface area contributed by atoms with Crippen molar-refractivity contribution in [1.82, 2.24) is 0 Å². The summed E-state index contributed by atoms with van der Waals surface area (Å²) in [6.07, 6.45) is -0.608. The van der Waals surface area contributed by atoms with Gasteiger partial charge in [-0.05, 0) is 35.4 Å². The summed E-state index contributed by atoms with van der Waals surface area (Å²) in [5.74, 6) is -0.247. The molecule has 0 radical (unpaired) electrons. The summed E-state index contributed by atoms with van der Waals surface area (Å²) in [5, 5.41) is 12.7. The molecule has 0 aromatic heterocycles. The number of aliphatic carboxylic acids is 1. The maximum atomic E-state index is 10.8. The summed E-state index contributed by atoms with van der Waals surface area (Å²) in [7, 11) is 0. The van der Waals surface area contributed by atoms with Gasteiger partial charge in [0.2, 0.25) is 6.10 Å². The first-order chi connectivity index (χ1) is 10.7. The molecule has 112 valence electrons. The van der Waals surface area contributed by atoms with E-state index in [9.17, 15) is 4.79 Å². The van der Waals surface area contributed by atoms with Crippen LogP contribution in [-0.2, 0) is 16.2 Å². The van der Waals surface area contributed by atoms with Gasteiger partial charge in [0, 0.05) is 6.42 Å². The zero-order valence-corrected chi connectivity index (χ0v) is 11.8. The standard InChI is InChI=1S/C17H15NO4/c19-17(20)16-10-15(18-22-16)13-6-8-14(9-7-13)21-11-12-4-2-1-3-5-12/h1-9,16H,10-11H2,(H,19,20). The highest BCUT2D eigenvalue weighted by Gasteiger charge is 2.28. The highest BCUT2D eigenvalue weighted by molar-refractivity contribution is 6.03. The van der Waals surface area contributed by atoms with Crippen LogP contribution < -0.4 is 4.74 Å².